The van der Waals surface area contributed by atoms with Gasteiger partial charge in [0.25, 0.3) is 5.91 Å². The number of benzene rings is 1. The molecule has 11 heteroatoms. The van der Waals surface area contributed by atoms with E-state index in [1.807, 2.05) is 14.1 Å². The number of sulfonamides is 1. The number of aryl methyl sites for hydroxylation is 1. The minimum Gasteiger partial charge on any atom is -0.384 e. The number of ether oxygens (including phenoxy) is 1. The van der Waals surface area contributed by atoms with Crippen LogP contribution in [0.4, 0.5) is 10.7 Å². The van der Waals surface area contributed by atoms with Gasteiger partial charge in [0, 0.05) is 30.2 Å². The Morgan fingerprint density at radius 1 is 1.26 bits per heavy atom. The molecule has 1 aliphatic carbocycles. The fourth-order valence-corrected chi connectivity index (χ4v) is 7.03. The largest absolute Gasteiger partial charge is 0.384 e. The summed E-state index contributed by atoms with van der Waals surface area (Å²) in [6.45, 7) is 2.76. The predicted molar refractivity (Wildman–Crippen MR) is 137 cm³/mol. The van der Waals surface area contributed by atoms with Crippen LogP contribution in [0.2, 0.25) is 0 Å². The van der Waals surface area contributed by atoms with Gasteiger partial charge in [0.05, 0.1) is 29.2 Å². The monoisotopic (exact) mass is 517 g/mol. The number of hydrogen-bond donors (Lipinski definition) is 2. The maximum Gasteiger partial charge on any atom is 0.258 e. The van der Waals surface area contributed by atoms with E-state index in [4.69, 9.17) is 4.74 Å². The molecule has 2 aliphatic rings. The first-order chi connectivity index (χ1) is 16.8. The van der Waals surface area contributed by atoms with E-state index in [-0.39, 0.29) is 23.5 Å². The summed E-state index contributed by atoms with van der Waals surface area (Å²) >= 11 is 1.44. The summed E-state index contributed by atoms with van der Waals surface area (Å²) in [6.07, 6.45) is 3.64. The summed E-state index contributed by atoms with van der Waals surface area (Å²) in [7, 11) is 0.226. The molecule has 1 fully saturated rings. The Morgan fingerprint density at radius 3 is 2.74 bits per heavy atom. The molecule has 0 unspecified atom stereocenters. The summed E-state index contributed by atoms with van der Waals surface area (Å²) in [4.78, 5) is 16.7. The quantitative estimate of drug-likeness (QED) is 0.492. The van der Waals surface area contributed by atoms with E-state index in [1.165, 1.54) is 27.8 Å². The van der Waals surface area contributed by atoms with Gasteiger partial charge >= 0.3 is 0 Å². The molecule has 0 radical (unpaired) electrons. The Bertz CT molecular complexity index is 1230. The van der Waals surface area contributed by atoms with Crippen LogP contribution in [0.25, 0.3) is 0 Å². The van der Waals surface area contributed by atoms with Gasteiger partial charge in [0.2, 0.25) is 10.0 Å². The maximum atomic E-state index is 13.4. The number of morpholine rings is 1. The van der Waals surface area contributed by atoms with Gasteiger partial charge < -0.3 is 20.3 Å². The highest BCUT2D eigenvalue weighted by Gasteiger charge is 2.29. The van der Waals surface area contributed by atoms with Crippen LogP contribution >= 0.6 is 11.3 Å². The molecule has 1 saturated heterocycles. The van der Waals surface area contributed by atoms with Crippen LogP contribution < -0.4 is 10.6 Å². The molecule has 1 aromatic carbocycles. The highest BCUT2D eigenvalue weighted by atomic mass is 32.2. The fraction of sp³-hybridized carbons (Fsp3) is 0.500. The molecular formula is C24H31N5O4S2. The Hall–Kier alpha value is -2.49. The lowest BCUT2D eigenvalue weighted by Crippen LogP contribution is -2.40. The summed E-state index contributed by atoms with van der Waals surface area (Å²) in [5, 5.41) is 16.4. The number of nitrogens with one attached hydrogen (secondary N) is 2. The third kappa shape index (κ3) is 5.68. The normalized spacial score (nSPS) is 16.2. The highest BCUT2D eigenvalue weighted by Crippen LogP contribution is 2.39. The van der Waals surface area contributed by atoms with E-state index >= 15 is 0 Å². The van der Waals surface area contributed by atoms with Gasteiger partial charge in [-0.05, 0) is 70.1 Å². The van der Waals surface area contributed by atoms with Gasteiger partial charge in [-0.15, -0.1) is 11.3 Å². The first-order valence-electron chi connectivity index (χ1n) is 11.8. The Labute approximate surface area is 210 Å². The van der Waals surface area contributed by atoms with Crippen LogP contribution in [0.5, 0.6) is 0 Å². The summed E-state index contributed by atoms with van der Waals surface area (Å²) in [6, 6.07) is 6.86. The average molecular weight is 518 g/mol. The van der Waals surface area contributed by atoms with Crippen LogP contribution in [0.3, 0.4) is 0 Å². The van der Waals surface area contributed by atoms with Crippen LogP contribution in [0, 0.1) is 11.3 Å². The van der Waals surface area contributed by atoms with Crippen molar-refractivity contribution in [2.75, 3.05) is 64.1 Å². The number of fused-ring (bicyclic) bond motifs is 1. The van der Waals surface area contributed by atoms with Crippen molar-refractivity contribution in [3.05, 3.63) is 39.8 Å². The second-order valence-electron chi connectivity index (χ2n) is 8.93. The van der Waals surface area contributed by atoms with Gasteiger partial charge in [-0.2, -0.15) is 9.57 Å². The number of thiophene rings is 1. The number of rotatable bonds is 9. The molecule has 4 rings (SSSR count). The van der Waals surface area contributed by atoms with E-state index < -0.39 is 15.9 Å². The molecule has 0 spiro atoms. The van der Waals surface area contributed by atoms with Gasteiger partial charge in [0.1, 0.15) is 11.1 Å². The molecule has 2 aromatic rings. The van der Waals surface area contributed by atoms with Gasteiger partial charge in [-0.25, -0.2) is 8.42 Å². The SMILES string of the molecule is CN(C)CCCNc1ccc(S(=O)(=O)N2CCOCC2)cc1C(=O)Nc1sc2c(c1C#N)CCC2. The zero-order valence-electron chi connectivity index (χ0n) is 20.1. The standard InChI is InChI=1S/C24H31N5O4S2/c1-28(2)10-4-9-26-21-8-7-17(35(31,32)29-11-13-33-14-12-29)15-19(21)23(30)27-24-20(16-25)18-5-3-6-22(18)34-24/h7-8,15,26H,3-6,9-14H2,1-2H3,(H,27,30). The molecule has 35 heavy (non-hydrogen) atoms. The number of nitrogens with zero attached hydrogens (tertiary/aromatic N) is 3. The number of nitriles is 1. The Kier molecular flexibility index (Phi) is 8.09. The molecule has 0 atom stereocenters. The Morgan fingerprint density at radius 2 is 2.03 bits per heavy atom. The third-order valence-electron chi connectivity index (χ3n) is 6.20. The van der Waals surface area contributed by atoms with Crippen LogP contribution in [0.15, 0.2) is 23.1 Å². The predicted octanol–water partition coefficient (Wildman–Crippen LogP) is 2.75. The molecule has 0 saturated carbocycles. The van der Waals surface area contributed by atoms with Crippen LogP contribution in [-0.4, -0.2) is 77.0 Å². The van der Waals surface area contributed by atoms with E-state index in [0.717, 1.165) is 42.7 Å². The van der Waals surface area contributed by atoms with Crippen molar-refractivity contribution in [2.24, 2.45) is 0 Å². The number of carbonyl (C=O) groups is 1. The van der Waals surface area contributed by atoms with Crippen LogP contribution in [-0.2, 0) is 27.6 Å². The van der Waals surface area contributed by atoms with E-state index in [9.17, 15) is 18.5 Å². The second-order valence-corrected chi connectivity index (χ2v) is 12.0. The number of anilines is 2. The molecular weight excluding hydrogens is 486 g/mol. The van der Waals surface area contributed by atoms with Crippen LogP contribution in [0.1, 0.15) is 39.2 Å². The number of carbonyl (C=O) groups excluding carboxylic acids is 1. The molecule has 1 aliphatic heterocycles. The first kappa shape index (κ1) is 25.6. The third-order valence-corrected chi connectivity index (χ3v) is 9.30. The summed E-state index contributed by atoms with van der Waals surface area (Å²) in [5.74, 6) is -0.435. The van der Waals surface area contributed by atoms with E-state index in [1.54, 1.807) is 6.07 Å². The molecule has 9 nitrogen and oxygen atoms in total. The lowest BCUT2D eigenvalue weighted by molar-refractivity contribution is 0.0730. The van der Waals surface area contributed by atoms with Crippen molar-refractivity contribution in [1.82, 2.24) is 9.21 Å². The van der Waals surface area contributed by atoms with Gasteiger partial charge in [0.15, 0.2) is 0 Å². The van der Waals surface area contributed by atoms with Crippen molar-refractivity contribution in [1.29, 1.82) is 5.26 Å². The smallest absolute Gasteiger partial charge is 0.258 e. The maximum absolute atomic E-state index is 13.4. The summed E-state index contributed by atoms with van der Waals surface area (Å²) in [5.41, 5.74) is 2.35. The van der Waals surface area contributed by atoms with Crippen molar-refractivity contribution in [3.8, 4) is 6.07 Å². The van der Waals surface area contributed by atoms with Crippen molar-refractivity contribution in [3.63, 3.8) is 0 Å². The van der Waals surface area contributed by atoms with Crippen molar-refractivity contribution >= 4 is 38.0 Å². The molecule has 0 bridgehead atoms. The zero-order valence-corrected chi connectivity index (χ0v) is 21.7. The van der Waals surface area contributed by atoms with Crippen molar-refractivity contribution < 1.29 is 17.9 Å². The van der Waals surface area contributed by atoms with E-state index in [0.29, 0.717) is 36.0 Å². The molecule has 188 valence electrons. The van der Waals surface area contributed by atoms with Gasteiger partial charge in [-0.3, -0.25) is 4.79 Å². The van der Waals surface area contributed by atoms with E-state index in [2.05, 4.69) is 21.6 Å². The lowest BCUT2D eigenvalue weighted by Gasteiger charge is -2.26. The average Bonchev–Trinajstić information content (AvgIpc) is 3.43. The molecule has 2 N–H and O–H groups in total. The number of hydrogen-bond acceptors (Lipinski definition) is 8. The molecule has 1 aromatic heterocycles. The minimum atomic E-state index is -3.77. The molecule has 2 heterocycles. The summed E-state index contributed by atoms with van der Waals surface area (Å²) < 4.78 is 33.1. The zero-order chi connectivity index (χ0) is 25.0. The second kappa shape index (κ2) is 11.1. The Balaban J connectivity index is 1.63. The number of amides is 1. The van der Waals surface area contributed by atoms with Gasteiger partial charge in [-0.1, -0.05) is 0 Å². The highest BCUT2D eigenvalue weighted by molar-refractivity contribution is 7.89. The lowest BCUT2D eigenvalue weighted by atomic mass is 10.1. The minimum absolute atomic E-state index is 0.0672. The van der Waals surface area contributed by atoms with Crippen molar-refractivity contribution in [2.45, 2.75) is 30.6 Å². The topological polar surface area (TPSA) is 115 Å². The first-order valence-corrected chi connectivity index (χ1v) is 14.0. The fourth-order valence-electron chi connectivity index (χ4n) is 4.36. The molecule has 1 amide bonds.